The number of aryl methyl sites for hydroxylation is 1. The molecule has 1 aromatic heterocycles. The van der Waals surface area contributed by atoms with Crippen molar-refractivity contribution in [2.75, 3.05) is 10.7 Å². The molecule has 0 saturated heterocycles. The number of amides is 1. The number of pyridine rings is 1. The minimum Gasteiger partial charge on any atom is -0.320 e. The molecule has 0 aliphatic heterocycles. The van der Waals surface area contributed by atoms with Crippen LogP contribution in [0.1, 0.15) is 16.1 Å². The molecule has 1 amide bonds. The van der Waals surface area contributed by atoms with Crippen LogP contribution in [0.3, 0.4) is 0 Å². The van der Waals surface area contributed by atoms with Gasteiger partial charge in [-0.2, -0.15) is 0 Å². The van der Waals surface area contributed by atoms with E-state index in [0.717, 1.165) is 11.3 Å². The predicted octanol–water partition coefficient (Wildman–Crippen LogP) is 1.93. The average Bonchev–Trinajstić information content (AvgIpc) is 2.41. The molecule has 2 rings (SSSR count). The molecule has 0 radical (unpaired) electrons. The van der Waals surface area contributed by atoms with Gasteiger partial charge in [0.05, 0.1) is 0 Å². The van der Waals surface area contributed by atoms with E-state index in [2.05, 4.69) is 15.7 Å². The van der Waals surface area contributed by atoms with Crippen LogP contribution in [0.2, 0.25) is 0 Å². The fourth-order valence-corrected chi connectivity index (χ4v) is 1.54. The van der Waals surface area contributed by atoms with Crippen LogP contribution in [-0.2, 0) is 0 Å². The summed E-state index contributed by atoms with van der Waals surface area (Å²) < 4.78 is 0. The predicted molar refractivity (Wildman–Crippen MR) is 71.2 cm³/mol. The zero-order chi connectivity index (χ0) is 13.0. The maximum absolute atomic E-state index is 12.0. The second kappa shape index (κ2) is 5.29. The number of hydrogen-bond acceptors (Lipinski definition) is 4. The third-order valence-electron chi connectivity index (χ3n) is 2.52. The summed E-state index contributed by atoms with van der Waals surface area (Å²) >= 11 is 0. The monoisotopic (exact) mass is 242 g/mol. The Morgan fingerprint density at radius 2 is 1.94 bits per heavy atom. The van der Waals surface area contributed by atoms with E-state index in [-0.39, 0.29) is 5.91 Å². The lowest BCUT2D eigenvalue weighted by molar-refractivity contribution is 0.102. The number of benzene rings is 1. The van der Waals surface area contributed by atoms with E-state index in [1.54, 1.807) is 18.2 Å². The third kappa shape index (κ3) is 2.64. The number of rotatable bonds is 3. The van der Waals surface area contributed by atoms with Crippen LogP contribution in [0.4, 0.5) is 11.5 Å². The van der Waals surface area contributed by atoms with Crippen molar-refractivity contribution in [2.45, 2.75) is 6.92 Å². The van der Waals surface area contributed by atoms with Crippen molar-refractivity contribution in [3.05, 3.63) is 53.7 Å². The van der Waals surface area contributed by atoms with E-state index in [4.69, 9.17) is 5.84 Å². The van der Waals surface area contributed by atoms with Gasteiger partial charge in [-0.05, 0) is 30.7 Å². The number of carbonyl (C=O) groups excluding carboxylic acids is 1. The first kappa shape index (κ1) is 12.1. The van der Waals surface area contributed by atoms with Crippen molar-refractivity contribution in [2.24, 2.45) is 5.84 Å². The van der Waals surface area contributed by atoms with Crippen LogP contribution in [0.5, 0.6) is 0 Å². The van der Waals surface area contributed by atoms with E-state index >= 15 is 0 Å². The first-order chi connectivity index (χ1) is 8.70. The summed E-state index contributed by atoms with van der Waals surface area (Å²) in [5.41, 5.74) is 4.49. The van der Waals surface area contributed by atoms with Crippen LogP contribution in [0.15, 0.2) is 42.5 Å². The Morgan fingerprint density at radius 1 is 1.17 bits per heavy atom. The zero-order valence-electron chi connectivity index (χ0n) is 9.97. The number of anilines is 2. The molecule has 0 unspecified atom stereocenters. The molecule has 2 aromatic rings. The summed E-state index contributed by atoms with van der Waals surface area (Å²) in [6, 6.07) is 12.6. The molecule has 92 valence electrons. The summed E-state index contributed by atoms with van der Waals surface area (Å²) in [7, 11) is 0. The maximum atomic E-state index is 12.0. The lowest BCUT2D eigenvalue weighted by atomic mass is 10.2. The van der Waals surface area contributed by atoms with Crippen LogP contribution in [0, 0.1) is 6.92 Å². The summed E-state index contributed by atoms with van der Waals surface area (Å²) in [6.45, 7) is 1.93. The summed E-state index contributed by atoms with van der Waals surface area (Å²) in [6.07, 6.45) is 0. The Kier molecular flexibility index (Phi) is 3.54. The number of carbonyl (C=O) groups is 1. The number of nitrogens with two attached hydrogens (primary N) is 1. The van der Waals surface area contributed by atoms with Crippen molar-refractivity contribution in [1.29, 1.82) is 0 Å². The van der Waals surface area contributed by atoms with Gasteiger partial charge in [0.15, 0.2) is 0 Å². The second-order valence-electron chi connectivity index (χ2n) is 3.82. The van der Waals surface area contributed by atoms with Gasteiger partial charge in [-0.15, -0.1) is 0 Å². The highest BCUT2D eigenvalue weighted by molar-refractivity contribution is 6.03. The molecule has 18 heavy (non-hydrogen) atoms. The quantitative estimate of drug-likeness (QED) is 0.567. The van der Waals surface area contributed by atoms with Gasteiger partial charge in [-0.3, -0.25) is 4.79 Å². The SMILES string of the molecule is Cc1ccccc1NC(=O)c1cccc(NN)n1. The van der Waals surface area contributed by atoms with Gasteiger partial charge in [0.1, 0.15) is 11.5 Å². The number of nitrogens with zero attached hydrogens (tertiary/aromatic N) is 1. The van der Waals surface area contributed by atoms with Gasteiger partial charge in [-0.25, -0.2) is 10.8 Å². The molecule has 0 fully saturated rings. The molecule has 1 aromatic carbocycles. The topological polar surface area (TPSA) is 80.0 Å². The van der Waals surface area contributed by atoms with E-state index in [1.807, 2.05) is 31.2 Å². The van der Waals surface area contributed by atoms with Gasteiger partial charge in [0.25, 0.3) is 5.91 Å². The molecule has 0 bridgehead atoms. The molecule has 1 heterocycles. The third-order valence-corrected chi connectivity index (χ3v) is 2.52. The summed E-state index contributed by atoms with van der Waals surface area (Å²) in [5.74, 6) is 5.44. The molecule has 0 spiro atoms. The largest absolute Gasteiger partial charge is 0.320 e. The van der Waals surface area contributed by atoms with Gasteiger partial charge in [0.2, 0.25) is 0 Å². The average molecular weight is 242 g/mol. The molecular weight excluding hydrogens is 228 g/mol. The van der Waals surface area contributed by atoms with Crippen LogP contribution in [-0.4, -0.2) is 10.9 Å². The number of nitrogen functional groups attached to an aromatic ring is 1. The number of hydrazine groups is 1. The Morgan fingerprint density at radius 3 is 2.67 bits per heavy atom. The van der Waals surface area contributed by atoms with Crippen LogP contribution >= 0.6 is 0 Å². The molecule has 0 saturated carbocycles. The van der Waals surface area contributed by atoms with E-state index in [1.165, 1.54) is 0 Å². The second-order valence-corrected chi connectivity index (χ2v) is 3.82. The van der Waals surface area contributed by atoms with E-state index < -0.39 is 0 Å². The highest BCUT2D eigenvalue weighted by Gasteiger charge is 2.09. The van der Waals surface area contributed by atoms with Crippen LogP contribution in [0.25, 0.3) is 0 Å². The number of aromatic nitrogens is 1. The normalized spacial score (nSPS) is 9.89. The first-order valence-corrected chi connectivity index (χ1v) is 5.51. The zero-order valence-corrected chi connectivity index (χ0v) is 9.97. The Labute approximate surface area is 105 Å². The maximum Gasteiger partial charge on any atom is 0.274 e. The molecule has 5 heteroatoms. The van der Waals surface area contributed by atoms with Crippen molar-refractivity contribution in [3.63, 3.8) is 0 Å². The minimum atomic E-state index is -0.263. The number of para-hydroxylation sites is 1. The molecule has 0 atom stereocenters. The molecule has 4 N–H and O–H groups in total. The smallest absolute Gasteiger partial charge is 0.274 e. The van der Waals surface area contributed by atoms with Crippen molar-refractivity contribution >= 4 is 17.4 Å². The minimum absolute atomic E-state index is 0.263. The fraction of sp³-hybridized carbons (Fsp3) is 0.0769. The van der Waals surface area contributed by atoms with E-state index in [0.29, 0.717) is 11.5 Å². The summed E-state index contributed by atoms with van der Waals surface area (Å²) in [4.78, 5) is 16.1. The highest BCUT2D eigenvalue weighted by atomic mass is 16.1. The Hall–Kier alpha value is -2.40. The van der Waals surface area contributed by atoms with Crippen molar-refractivity contribution in [1.82, 2.24) is 4.98 Å². The number of nitrogens with one attached hydrogen (secondary N) is 2. The molecule has 5 nitrogen and oxygen atoms in total. The Bertz CT molecular complexity index is 568. The molecular formula is C13H14N4O. The van der Waals surface area contributed by atoms with Crippen molar-refractivity contribution < 1.29 is 4.79 Å². The number of hydrogen-bond donors (Lipinski definition) is 3. The highest BCUT2D eigenvalue weighted by Crippen LogP contribution is 2.14. The van der Waals surface area contributed by atoms with E-state index in [9.17, 15) is 4.79 Å². The van der Waals surface area contributed by atoms with Crippen molar-refractivity contribution in [3.8, 4) is 0 Å². The standard InChI is InChI=1S/C13H14N4O/c1-9-5-2-3-6-10(9)16-13(18)11-7-4-8-12(15-11)17-14/h2-8H,14H2,1H3,(H,15,17)(H,16,18). The Balaban J connectivity index is 2.19. The van der Waals surface area contributed by atoms with Gasteiger partial charge in [0, 0.05) is 5.69 Å². The summed E-state index contributed by atoms with van der Waals surface area (Å²) in [5, 5.41) is 2.81. The molecule has 0 aliphatic rings. The first-order valence-electron chi connectivity index (χ1n) is 5.51. The van der Waals surface area contributed by atoms with Crippen LogP contribution < -0.4 is 16.6 Å². The fourth-order valence-electron chi connectivity index (χ4n) is 1.54. The lowest BCUT2D eigenvalue weighted by Crippen LogP contribution is -2.16. The molecule has 0 aliphatic carbocycles. The van der Waals surface area contributed by atoms with Gasteiger partial charge in [-0.1, -0.05) is 24.3 Å². The van der Waals surface area contributed by atoms with Gasteiger partial charge < -0.3 is 10.7 Å². The van der Waals surface area contributed by atoms with Gasteiger partial charge >= 0.3 is 0 Å². The lowest BCUT2D eigenvalue weighted by Gasteiger charge is -2.08.